The Morgan fingerprint density at radius 2 is 2.04 bits per heavy atom. The molecule has 3 aromatic rings. The van der Waals surface area contributed by atoms with Gasteiger partial charge in [0.1, 0.15) is 5.75 Å². The fourth-order valence-electron chi connectivity index (χ4n) is 2.02. The lowest BCUT2D eigenvalue weighted by molar-refractivity contribution is -0.118. The SMILES string of the molecule is Cc1noc(-c2cccc(NC(=O)COc3ccc(Br)cc3)c2)n1. The zero-order valence-corrected chi connectivity index (χ0v) is 14.4. The van der Waals surface area contributed by atoms with E-state index in [0.717, 1.165) is 10.0 Å². The number of aromatic nitrogens is 2. The van der Waals surface area contributed by atoms with Gasteiger partial charge in [0.15, 0.2) is 12.4 Å². The zero-order valence-electron chi connectivity index (χ0n) is 12.8. The number of hydrogen-bond acceptors (Lipinski definition) is 5. The summed E-state index contributed by atoms with van der Waals surface area (Å²) in [6.07, 6.45) is 0. The van der Waals surface area contributed by atoms with E-state index in [4.69, 9.17) is 9.26 Å². The van der Waals surface area contributed by atoms with Gasteiger partial charge in [-0.2, -0.15) is 4.98 Å². The molecular formula is C17H14BrN3O3. The van der Waals surface area contributed by atoms with E-state index in [1.807, 2.05) is 18.2 Å². The Hall–Kier alpha value is -2.67. The van der Waals surface area contributed by atoms with Crippen LogP contribution in [0.3, 0.4) is 0 Å². The summed E-state index contributed by atoms with van der Waals surface area (Å²) in [6, 6.07) is 14.5. The van der Waals surface area contributed by atoms with Crippen molar-refractivity contribution in [2.75, 3.05) is 11.9 Å². The van der Waals surface area contributed by atoms with Crippen molar-refractivity contribution in [2.24, 2.45) is 0 Å². The third-order valence-electron chi connectivity index (χ3n) is 3.10. The van der Waals surface area contributed by atoms with Crippen LogP contribution in [0.5, 0.6) is 5.75 Å². The van der Waals surface area contributed by atoms with Crippen LogP contribution < -0.4 is 10.1 Å². The second-order valence-electron chi connectivity index (χ2n) is 5.02. The number of ether oxygens (including phenoxy) is 1. The fourth-order valence-corrected chi connectivity index (χ4v) is 2.29. The third-order valence-corrected chi connectivity index (χ3v) is 3.63. The largest absolute Gasteiger partial charge is 0.484 e. The first-order valence-electron chi connectivity index (χ1n) is 7.19. The van der Waals surface area contributed by atoms with E-state index in [-0.39, 0.29) is 12.5 Å². The molecular weight excluding hydrogens is 374 g/mol. The number of anilines is 1. The molecule has 2 aromatic carbocycles. The highest BCUT2D eigenvalue weighted by Gasteiger charge is 2.09. The molecule has 0 saturated heterocycles. The maximum Gasteiger partial charge on any atom is 0.262 e. The van der Waals surface area contributed by atoms with Crippen LogP contribution in [0, 0.1) is 6.92 Å². The van der Waals surface area contributed by atoms with E-state index in [1.54, 1.807) is 37.3 Å². The van der Waals surface area contributed by atoms with Gasteiger partial charge in [-0.3, -0.25) is 4.79 Å². The van der Waals surface area contributed by atoms with Crippen LogP contribution in [0.25, 0.3) is 11.5 Å². The van der Waals surface area contributed by atoms with Crippen LogP contribution in [0.4, 0.5) is 5.69 Å². The molecule has 1 aromatic heterocycles. The summed E-state index contributed by atoms with van der Waals surface area (Å²) in [6.45, 7) is 1.67. The molecule has 0 unspecified atom stereocenters. The summed E-state index contributed by atoms with van der Waals surface area (Å²) in [4.78, 5) is 16.2. The number of carbonyl (C=O) groups excluding carboxylic acids is 1. The van der Waals surface area contributed by atoms with Gasteiger partial charge in [-0.05, 0) is 49.4 Å². The van der Waals surface area contributed by atoms with E-state index in [2.05, 4.69) is 31.4 Å². The van der Waals surface area contributed by atoms with Crippen molar-refractivity contribution in [3.8, 4) is 17.2 Å². The molecule has 0 fully saturated rings. The molecule has 0 radical (unpaired) electrons. The molecule has 24 heavy (non-hydrogen) atoms. The van der Waals surface area contributed by atoms with Gasteiger partial charge in [0, 0.05) is 15.7 Å². The molecule has 7 heteroatoms. The number of nitrogens with one attached hydrogen (secondary N) is 1. The monoisotopic (exact) mass is 387 g/mol. The van der Waals surface area contributed by atoms with Gasteiger partial charge in [-0.15, -0.1) is 0 Å². The van der Waals surface area contributed by atoms with Crippen LogP contribution in [-0.2, 0) is 4.79 Å². The number of amides is 1. The van der Waals surface area contributed by atoms with Crippen molar-refractivity contribution in [2.45, 2.75) is 6.92 Å². The van der Waals surface area contributed by atoms with Gasteiger partial charge < -0.3 is 14.6 Å². The van der Waals surface area contributed by atoms with Crippen LogP contribution in [0.15, 0.2) is 57.5 Å². The normalized spacial score (nSPS) is 10.4. The van der Waals surface area contributed by atoms with E-state index in [1.165, 1.54) is 0 Å². The second-order valence-corrected chi connectivity index (χ2v) is 5.93. The van der Waals surface area contributed by atoms with Crippen molar-refractivity contribution in [1.29, 1.82) is 0 Å². The fraction of sp³-hybridized carbons (Fsp3) is 0.118. The maximum absolute atomic E-state index is 12.0. The molecule has 6 nitrogen and oxygen atoms in total. The summed E-state index contributed by atoms with van der Waals surface area (Å²) < 4.78 is 11.5. The van der Waals surface area contributed by atoms with Gasteiger partial charge in [0.05, 0.1) is 0 Å². The van der Waals surface area contributed by atoms with Crippen molar-refractivity contribution in [3.05, 3.63) is 58.8 Å². The number of benzene rings is 2. The van der Waals surface area contributed by atoms with Gasteiger partial charge >= 0.3 is 0 Å². The molecule has 122 valence electrons. The number of hydrogen-bond donors (Lipinski definition) is 1. The Balaban J connectivity index is 1.61. The summed E-state index contributed by atoms with van der Waals surface area (Å²) in [7, 11) is 0. The molecule has 3 rings (SSSR count). The first kappa shape index (κ1) is 16.2. The molecule has 1 heterocycles. The number of carbonyl (C=O) groups is 1. The summed E-state index contributed by atoms with van der Waals surface area (Å²) in [5.74, 6) is 1.34. The lowest BCUT2D eigenvalue weighted by atomic mass is 10.2. The summed E-state index contributed by atoms with van der Waals surface area (Å²) >= 11 is 3.35. The Morgan fingerprint density at radius 1 is 1.25 bits per heavy atom. The number of halogens is 1. The topological polar surface area (TPSA) is 77.2 Å². The zero-order chi connectivity index (χ0) is 16.9. The number of nitrogens with zero attached hydrogens (tertiary/aromatic N) is 2. The molecule has 0 bridgehead atoms. The summed E-state index contributed by atoms with van der Waals surface area (Å²) in [5, 5.41) is 6.53. The van der Waals surface area contributed by atoms with Gasteiger partial charge in [-0.25, -0.2) is 0 Å². The predicted octanol–water partition coefficient (Wildman–Crippen LogP) is 3.83. The van der Waals surface area contributed by atoms with Gasteiger partial charge in [0.25, 0.3) is 11.8 Å². The summed E-state index contributed by atoms with van der Waals surface area (Å²) in [5.41, 5.74) is 1.37. The molecule has 0 aliphatic carbocycles. The molecule has 0 saturated carbocycles. The van der Waals surface area contributed by atoms with E-state index in [0.29, 0.717) is 23.2 Å². The Bertz CT molecular complexity index is 846. The minimum atomic E-state index is -0.253. The van der Waals surface area contributed by atoms with E-state index >= 15 is 0 Å². The van der Waals surface area contributed by atoms with Crippen molar-refractivity contribution < 1.29 is 14.1 Å². The second kappa shape index (κ2) is 7.27. The lowest BCUT2D eigenvalue weighted by Gasteiger charge is -2.08. The van der Waals surface area contributed by atoms with Crippen molar-refractivity contribution >= 4 is 27.5 Å². The Labute approximate surface area is 147 Å². The predicted molar refractivity (Wildman–Crippen MR) is 92.7 cm³/mol. The number of rotatable bonds is 5. The molecule has 0 aliphatic rings. The highest BCUT2D eigenvalue weighted by atomic mass is 79.9. The van der Waals surface area contributed by atoms with Crippen LogP contribution in [-0.4, -0.2) is 22.7 Å². The molecule has 1 amide bonds. The Kier molecular flexibility index (Phi) is 4.90. The molecule has 0 spiro atoms. The van der Waals surface area contributed by atoms with Gasteiger partial charge in [0.2, 0.25) is 0 Å². The highest BCUT2D eigenvalue weighted by molar-refractivity contribution is 9.10. The minimum absolute atomic E-state index is 0.0779. The van der Waals surface area contributed by atoms with Crippen molar-refractivity contribution in [1.82, 2.24) is 10.1 Å². The maximum atomic E-state index is 12.0. The number of aryl methyl sites for hydroxylation is 1. The van der Waals surface area contributed by atoms with Crippen LogP contribution >= 0.6 is 15.9 Å². The average Bonchev–Trinajstić information content (AvgIpc) is 3.01. The van der Waals surface area contributed by atoms with Crippen molar-refractivity contribution in [3.63, 3.8) is 0 Å². The smallest absolute Gasteiger partial charge is 0.262 e. The average molecular weight is 388 g/mol. The molecule has 1 N–H and O–H groups in total. The van der Waals surface area contributed by atoms with Crippen LogP contribution in [0.2, 0.25) is 0 Å². The van der Waals surface area contributed by atoms with Crippen LogP contribution in [0.1, 0.15) is 5.82 Å². The van der Waals surface area contributed by atoms with E-state index in [9.17, 15) is 4.79 Å². The minimum Gasteiger partial charge on any atom is -0.484 e. The van der Waals surface area contributed by atoms with Gasteiger partial charge in [-0.1, -0.05) is 27.2 Å². The Morgan fingerprint density at radius 3 is 2.75 bits per heavy atom. The quantitative estimate of drug-likeness (QED) is 0.719. The highest BCUT2D eigenvalue weighted by Crippen LogP contribution is 2.21. The lowest BCUT2D eigenvalue weighted by Crippen LogP contribution is -2.20. The van der Waals surface area contributed by atoms with E-state index < -0.39 is 0 Å². The first-order chi connectivity index (χ1) is 11.6. The first-order valence-corrected chi connectivity index (χ1v) is 7.98. The standard InChI is InChI=1S/C17H14BrN3O3/c1-11-19-17(24-21-11)12-3-2-4-14(9-12)20-16(22)10-23-15-7-5-13(18)6-8-15/h2-9H,10H2,1H3,(H,20,22). The molecule has 0 aliphatic heterocycles. The third kappa shape index (κ3) is 4.20. The molecule has 0 atom stereocenters.